The quantitative estimate of drug-likeness (QED) is 0.867. The maximum atomic E-state index is 12.1. The molecule has 2 aromatic rings. The number of anilines is 1. The van der Waals surface area contributed by atoms with Crippen LogP contribution in [0.5, 0.6) is 0 Å². The minimum Gasteiger partial charge on any atom is -0.345 e. The molecule has 23 heavy (non-hydrogen) atoms. The molecule has 122 valence electrons. The molecule has 1 N–H and O–H groups in total. The first-order valence-electron chi connectivity index (χ1n) is 7.19. The zero-order valence-electron chi connectivity index (χ0n) is 13.5. The molecule has 0 saturated heterocycles. The predicted octanol–water partition coefficient (Wildman–Crippen LogP) is 3.63. The number of carbonyl (C=O) groups excluding carboxylic acids is 2. The topological polar surface area (TPSA) is 49.4 Å². The van der Waals surface area contributed by atoms with Gasteiger partial charge in [0.05, 0.1) is 5.75 Å². The highest BCUT2D eigenvalue weighted by molar-refractivity contribution is 7.99. The van der Waals surface area contributed by atoms with Crippen LogP contribution in [0, 0.1) is 6.92 Å². The molecule has 0 aliphatic rings. The van der Waals surface area contributed by atoms with Crippen molar-refractivity contribution < 1.29 is 9.59 Å². The SMILES string of the molecule is Cc1ccc(C(=O)N(C)C)cc1NC(=O)CSCc1cccs1. The summed E-state index contributed by atoms with van der Waals surface area (Å²) in [4.78, 5) is 26.9. The van der Waals surface area contributed by atoms with E-state index in [1.165, 1.54) is 9.78 Å². The van der Waals surface area contributed by atoms with Gasteiger partial charge in [0.25, 0.3) is 5.91 Å². The zero-order chi connectivity index (χ0) is 16.8. The van der Waals surface area contributed by atoms with E-state index in [0.717, 1.165) is 11.3 Å². The van der Waals surface area contributed by atoms with Gasteiger partial charge in [-0.2, -0.15) is 0 Å². The number of hydrogen-bond acceptors (Lipinski definition) is 4. The van der Waals surface area contributed by atoms with E-state index >= 15 is 0 Å². The van der Waals surface area contributed by atoms with Gasteiger partial charge in [0.2, 0.25) is 5.91 Å². The Balaban J connectivity index is 1.94. The van der Waals surface area contributed by atoms with Crippen LogP contribution >= 0.6 is 23.1 Å². The molecule has 0 fully saturated rings. The molecule has 1 heterocycles. The van der Waals surface area contributed by atoms with Crippen LogP contribution < -0.4 is 5.32 Å². The summed E-state index contributed by atoms with van der Waals surface area (Å²) in [7, 11) is 3.42. The lowest BCUT2D eigenvalue weighted by Crippen LogP contribution is -2.22. The van der Waals surface area contributed by atoms with E-state index in [9.17, 15) is 9.59 Å². The zero-order valence-corrected chi connectivity index (χ0v) is 15.1. The molecule has 0 atom stereocenters. The molecule has 2 amide bonds. The average molecular weight is 348 g/mol. The third-order valence-electron chi connectivity index (χ3n) is 3.22. The molecule has 6 heteroatoms. The molecule has 0 bridgehead atoms. The van der Waals surface area contributed by atoms with Crippen LogP contribution in [0.2, 0.25) is 0 Å². The van der Waals surface area contributed by atoms with Gasteiger partial charge in [-0.1, -0.05) is 12.1 Å². The molecule has 0 saturated carbocycles. The standard InChI is InChI=1S/C17H20N2O2S2/c1-12-6-7-13(17(21)19(2)3)9-15(12)18-16(20)11-22-10-14-5-4-8-23-14/h4-9H,10-11H2,1-3H3,(H,18,20). The molecular weight excluding hydrogens is 328 g/mol. The molecule has 1 aromatic heterocycles. The van der Waals surface area contributed by atoms with Crippen LogP contribution in [0.4, 0.5) is 5.69 Å². The van der Waals surface area contributed by atoms with Gasteiger partial charge in [0.15, 0.2) is 0 Å². The Kier molecular flexibility index (Phi) is 6.24. The lowest BCUT2D eigenvalue weighted by molar-refractivity contribution is -0.113. The second-order valence-corrected chi connectivity index (χ2v) is 7.37. The number of hydrogen-bond donors (Lipinski definition) is 1. The second-order valence-electron chi connectivity index (χ2n) is 5.35. The first-order chi connectivity index (χ1) is 11.0. The molecular formula is C17H20N2O2S2. The van der Waals surface area contributed by atoms with Gasteiger partial charge in [-0.15, -0.1) is 23.1 Å². The Morgan fingerprint density at radius 1 is 1.26 bits per heavy atom. The predicted molar refractivity (Wildman–Crippen MR) is 98.3 cm³/mol. The van der Waals surface area contributed by atoms with Crippen LogP contribution in [0.1, 0.15) is 20.8 Å². The van der Waals surface area contributed by atoms with Crippen molar-refractivity contribution in [3.63, 3.8) is 0 Å². The summed E-state index contributed by atoms with van der Waals surface area (Å²) >= 11 is 3.28. The van der Waals surface area contributed by atoms with E-state index < -0.39 is 0 Å². The molecule has 0 spiro atoms. The van der Waals surface area contributed by atoms with Gasteiger partial charge >= 0.3 is 0 Å². The van der Waals surface area contributed by atoms with Crippen LogP contribution in [-0.2, 0) is 10.5 Å². The van der Waals surface area contributed by atoms with Crippen LogP contribution in [-0.4, -0.2) is 36.6 Å². The largest absolute Gasteiger partial charge is 0.345 e. The van der Waals surface area contributed by atoms with Gasteiger partial charge in [-0.25, -0.2) is 0 Å². The highest BCUT2D eigenvalue weighted by Crippen LogP contribution is 2.20. The molecule has 0 aliphatic carbocycles. The van der Waals surface area contributed by atoms with Gasteiger partial charge in [-0.3, -0.25) is 9.59 Å². The number of rotatable bonds is 6. The number of amides is 2. The first-order valence-corrected chi connectivity index (χ1v) is 9.23. The smallest absolute Gasteiger partial charge is 0.253 e. The van der Waals surface area contributed by atoms with Crippen molar-refractivity contribution in [2.75, 3.05) is 25.2 Å². The van der Waals surface area contributed by atoms with Crippen LogP contribution in [0.25, 0.3) is 0 Å². The van der Waals surface area contributed by atoms with Gasteiger partial charge in [-0.05, 0) is 36.1 Å². The molecule has 0 radical (unpaired) electrons. The Labute approximate surface area is 144 Å². The fourth-order valence-electron chi connectivity index (χ4n) is 1.97. The Hall–Kier alpha value is -1.79. The number of nitrogens with one attached hydrogen (secondary N) is 1. The number of benzene rings is 1. The molecule has 0 aliphatic heterocycles. The Morgan fingerprint density at radius 2 is 2.04 bits per heavy atom. The summed E-state index contributed by atoms with van der Waals surface area (Å²) in [6, 6.07) is 9.44. The van der Waals surface area contributed by atoms with E-state index in [0.29, 0.717) is 17.0 Å². The van der Waals surface area contributed by atoms with Gasteiger partial charge in [0, 0.05) is 36.0 Å². The van der Waals surface area contributed by atoms with Crippen molar-refractivity contribution in [2.24, 2.45) is 0 Å². The lowest BCUT2D eigenvalue weighted by atomic mass is 10.1. The fraction of sp³-hybridized carbons (Fsp3) is 0.294. The second kappa shape index (κ2) is 8.17. The van der Waals surface area contributed by atoms with E-state index in [4.69, 9.17) is 0 Å². The number of nitrogens with zero attached hydrogens (tertiary/aromatic N) is 1. The third-order valence-corrected chi connectivity index (χ3v) is 5.26. The summed E-state index contributed by atoms with van der Waals surface area (Å²) in [6.07, 6.45) is 0. The summed E-state index contributed by atoms with van der Waals surface area (Å²) in [5.41, 5.74) is 2.21. The molecule has 1 aromatic carbocycles. The number of thiophene rings is 1. The van der Waals surface area contributed by atoms with E-state index in [-0.39, 0.29) is 11.8 Å². The molecule has 4 nitrogen and oxygen atoms in total. The van der Waals surface area contributed by atoms with Crippen molar-refractivity contribution in [1.82, 2.24) is 4.90 Å². The molecule has 2 rings (SSSR count). The molecule has 0 unspecified atom stereocenters. The summed E-state index contributed by atoms with van der Waals surface area (Å²) in [5, 5.41) is 4.93. The van der Waals surface area contributed by atoms with Crippen LogP contribution in [0.3, 0.4) is 0 Å². The summed E-state index contributed by atoms with van der Waals surface area (Å²) in [5.74, 6) is 1.10. The van der Waals surface area contributed by atoms with E-state index in [2.05, 4.69) is 11.4 Å². The normalized spacial score (nSPS) is 10.4. The van der Waals surface area contributed by atoms with Crippen molar-refractivity contribution in [3.8, 4) is 0 Å². The fourth-order valence-corrected chi connectivity index (χ4v) is 3.64. The van der Waals surface area contributed by atoms with Crippen molar-refractivity contribution in [3.05, 3.63) is 51.7 Å². The van der Waals surface area contributed by atoms with Gasteiger partial charge < -0.3 is 10.2 Å². The summed E-state index contributed by atoms with van der Waals surface area (Å²) < 4.78 is 0. The maximum absolute atomic E-state index is 12.1. The maximum Gasteiger partial charge on any atom is 0.253 e. The minimum atomic E-state index is -0.0763. The van der Waals surface area contributed by atoms with Gasteiger partial charge in [0.1, 0.15) is 0 Å². The number of carbonyl (C=O) groups is 2. The summed E-state index contributed by atoms with van der Waals surface area (Å²) in [6.45, 7) is 1.92. The van der Waals surface area contributed by atoms with Crippen LogP contribution in [0.15, 0.2) is 35.7 Å². The van der Waals surface area contributed by atoms with Crippen molar-refractivity contribution in [1.29, 1.82) is 0 Å². The van der Waals surface area contributed by atoms with E-state index in [1.54, 1.807) is 49.3 Å². The monoisotopic (exact) mass is 348 g/mol. The Bertz CT molecular complexity index is 682. The van der Waals surface area contributed by atoms with Crippen molar-refractivity contribution >= 4 is 40.6 Å². The Morgan fingerprint density at radius 3 is 2.70 bits per heavy atom. The number of thioether (sulfide) groups is 1. The first kappa shape index (κ1) is 17.6. The highest BCUT2D eigenvalue weighted by Gasteiger charge is 2.11. The lowest BCUT2D eigenvalue weighted by Gasteiger charge is -2.13. The third kappa shape index (κ3) is 5.11. The average Bonchev–Trinajstić information content (AvgIpc) is 3.02. The number of aryl methyl sites for hydroxylation is 1. The minimum absolute atomic E-state index is 0.0518. The highest BCUT2D eigenvalue weighted by atomic mass is 32.2. The van der Waals surface area contributed by atoms with E-state index in [1.807, 2.05) is 24.4 Å². The van der Waals surface area contributed by atoms with Crippen molar-refractivity contribution in [2.45, 2.75) is 12.7 Å².